The third kappa shape index (κ3) is 6.05. The quantitative estimate of drug-likeness (QED) is 0.462. The number of ether oxygens (including phenoxy) is 1. The number of aromatic amines is 1. The summed E-state index contributed by atoms with van der Waals surface area (Å²) in [7, 11) is 0. The number of carbonyl (C=O) groups excluding carboxylic acids is 1. The zero-order valence-corrected chi connectivity index (χ0v) is 20.9. The zero-order valence-electron chi connectivity index (χ0n) is 19.3. The van der Waals surface area contributed by atoms with Crippen molar-refractivity contribution < 1.29 is 9.53 Å². The van der Waals surface area contributed by atoms with Crippen LogP contribution in [0, 0.1) is 5.92 Å². The molecular weight excluding hydrogens is 458 g/mol. The van der Waals surface area contributed by atoms with Gasteiger partial charge in [0.15, 0.2) is 0 Å². The Balaban J connectivity index is 1.81. The maximum Gasteiger partial charge on any atom is 0.407 e. The average Bonchev–Trinajstić information content (AvgIpc) is 3.10. The van der Waals surface area contributed by atoms with Crippen LogP contribution in [-0.2, 0) is 4.74 Å². The van der Waals surface area contributed by atoms with Crippen LogP contribution in [0.1, 0.15) is 60.3 Å². The molecule has 1 unspecified atom stereocenters. The van der Waals surface area contributed by atoms with Gasteiger partial charge < -0.3 is 25.3 Å². The minimum atomic E-state index is -0.501. The Kier molecular flexibility index (Phi) is 7.73. The largest absolute Gasteiger partial charge is 0.444 e. The molecule has 31 heavy (non-hydrogen) atoms. The molecule has 1 aliphatic rings. The first-order chi connectivity index (χ1) is 14.7. The first-order valence-corrected chi connectivity index (χ1v) is 12.1. The molecule has 0 saturated carbocycles. The number of hydrogen-bond donors (Lipinski definition) is 3. The fourth-order valence-corrected chi connectivity index (χ4v) is 4.66. The van der Waals surface area contributed by atoms with Gasteiger partial charge in [-0.15, -0.1) is 0 Å². The van der Waals surface area contributed by atoms with Crippen LogP contribution in [0.2, 0.25) is 0 Å². The van der Waals surface area contributed by atoms with Gasteiger partial charge in [0.2, 0.25) is 0 Å². The van der Waals surface area contributed by atoms with E-state index in [0.29, 0.717) is 5.92 Å². The van der Waals surface area contributed by atoms with Crippen molar-refractivity contribution in [2.75, 3.05) is 29.9 Å². The molecule has 2 aromatic heterocycles. The normalized spacial score (nSPS) is 17.3. The lowest BCUT2D eigenvalue weighted by atomic mass is 10.0. The van der Waals surface area contributed by atoms with Crippen molar-refractivity contribution in [2.24, 2.45) is 5.92 Å². The second kappa shape index (κ2) is 10.1. The summed E-state index contributed by atoms with van der Waals surface area (Å²) >= 11 is 3.73. The van der Waals surface area contributed by atoms with Crippen LogP contribution in [-0.4, -0.2) is 47.3 Å². The van der Waals surface area contributed by atoms with Crippen molar-refractivity contribution in [1.82, 2.24) is 15.3 Å². The predicted molar refractivity (Wildman–Crippen MR) is 131 cm³/mol. The molecule has 0 spiro atoms. The van der Waals surface area contributed by atoms with E-state index in [4.69, 9.17) is 4.74 Å². The molecule has 1 amide bonds. The monoisotopic (exact) mass is 493 g/mol. The van der Waals surface area contributed by atoms with Crippen LogP contribution in [0.4, 0.5) is 16.2 Å². The topological polar surface area (TPSA) is 82.3 Å². The number of fused-ring (bicyclic) bond motifs is 1. The van der Waals surface area contributed by atoms with Crippen LogP contribution in [0.3, 0.4) is 0 Å². The lowest BCUT2D eigenvalue weighted by molar-refractivity contribution is 0.0500. The molecule has 0 aliphatic carbocycles. The smallest absolute Gasteiger partial charge is 0.407 e. The van der Waals surface area contributed by atoms with Gasteiger partial charge in [-0.3, -0.25) is 0 Å². The summed E-state index contributed by atoms with van der Waals surface area (Å²) in [5, 5.41) is 7.78. The lowest BCUT2D eigenvalue weighted by Crippen LogP contribution is -2.49. The average molecular weight is 494 g/mol. The van der Waals surface area contributed by atoms with E-state index in [1.54, 1.807) is 0 Å². The zero-order chi connectivity index (χ0) is 22.6. The number of halogens is 1. The van der Waals surface area contributed by atoms with E-state index in [1.807, 2.05) is 33.2 Å². The molecule has 172 valence electrons. The maximum atomic E-state index is 12.3. The molecule has 3 N–H and O–H groups in total. The van der Waals surface area contributed by atoms with E-state index >= 15 is 0 Å². The summed E-state index contributed by atoms with van der Waals surface area (Å²) in [6.07, 6.45) is 7.76. The number of rotatable bonds is 7. The van der Waals surface area contributed by atoms with E-state index in [-0.39, 0.29) is 12.1 Å². The Morgan fingerprint density at radius 3 is 2.81 bits per heavy atom. The van der Waals surface area contributed by atoms with E-state index in [2.05, 4.69) is 55.3 Å². The number of nitrogens with zero attached hydrogens (tertiary/aromatic N) is 2. The van der Waals surface area contributed by atoms with Crippen LogP contribution in [0.15, 0.2) is 16.9 Å². The third-order valence-electron chi connectivity index (χ3n) is 5.82. The predicted octanol–water partition coefficient (Wildman–Crippen LogP) is 5.67. The second-order valence-corrected chi connectivity index (χ2v) is 10.2. The molecule has 1 atom stereocenters. The molecule has 0 radical (unpaired) electrons. The number of hydrogen-bond acceptors (Lipinski definition) is 5. The van der Waals surface area contributed by atoms with Crippen LogP contribution in [0.25, 0.3) is 11.0 Å². The Labute approximate surface area is 193 Å². The fourth-order valence-electron chi connectivity index (χ4n) is 4.11. The molecule has 0 bridgehead atoms. The maximum absolute atomic E-state index is 12.3. The van der Waals surface area contributed by atoms with E-state index in [0.717, 1.165) is 72.2 Å². The van der Waals surface area contributed by atoms with Gasteiger partial charge in [0.25, 0.3) is 0 Å². The van der Waals surface area contributed by atoms with Gasteiger partial charge >= 0.3 is 6.09 Å². The SMILES string of the molecule is CCC(CC)CNc1c[nH]c2ncc(Br)c(N3CCCC(NC(=O)OC(C)(C)C)C3)c12. The van der Waals surface area contributed by atoms with Crippen molar-refractivity contribution in [2.45, 2.75) is 71.9 Å². The second-order valence-electron chi connectivity index (χ2n) is 9.38. The van der Waals surface area contributed by atoms with E-state index in [9.17, 15) is 4.79 Å². The van der Waals surface area contributed by atoms with Crippen molar-refractivity contribution in [3.8, 4) is 0 Å². The number of anilines is 2. The van der Waals surface area contributed by atoms with Crippen molar-refractivity contribution in [1.29, 1.82) is 0 Å². The molecule has 3 rings (SSSR count). The molecule has 7 nitrogen and oxygen atoms in total. The van der Waals surface area contributed by atoms with Gasteiger partial charge in [0.05, 0.1) is 21.2 Å². The van der Waals surface area contributed by atoms with Crippen molar-refractivity contribution >= 4 is 44.4 Å². The van der Waals surface area contributed by atoms with Crippen LogP contribution >= 0.6 is 15.9 Å². The van der Waals surface area contributed by atoms with E-state index in [1.165, 1.54) is 0 Å². The molecule has 1 aliphatic heterocycles. The lowest BCUT2D eigenvalue weighted by Gasteiger charge is -2.36. The van der Waals surface area contributed by atoms with Crippen LogP contribution in [0.5, 0.6) is 0 Å². The molecule has 0 aromatic carbocycles. The number of amides is 1. The summed E-state index contributed by atoms with van der Waals surface area (Å²) in [5.74, 6) is 0.644. The molecule has 8 heteroatoms. The minimum absolute atomic E-state index is 0.0404. The summed E-state index contributed by atoms with van der Waals surface area (Å²) in [4.78, 5) is 22.5. The van der Waals surface area contributed by atoms with Gasteiger partial charge in [0, 0.05) is 38.1 Å². The van der Waals surface area contributed by atoms with Gasteiger partial charge in [-0.2, -0.15) is 0 Å². The summed E-state index contributed by atoms with van der Waals surface area (Å²) in [6, 6.07) is 0.0404. The Morgan fingerprint density at radius 1 is 1.39 bits per heavy atom. The van der Waals surface area contributed by atoms with Gasteiger partial charge in [-0.25, -0.2) is 9.78 Å². The van der Waals surface area contributed by atoms with Crippen molar-refractivity contribution in [3.63, 3.8) is 0 Å². The van der Waals surface area contributed by atoms with Gasteiger partial charge in [-0.1, -0.05) is 26.7 Å². The van der Waals surface area contributed by atoms with Crippen molar-refractivity contribution in [3.05, 3.63) is 16.9 Å². The summed E-state index contributed by atoms with van der Waals surface area (Å²) in [5.41, 5.74) is 2.56. The number of pyridine rings is 1. The highest BCUT2D eigenvalue weighted by Crippen LogP contribution is 2.39. The Hall–Kier alpha value is -1.96. The highest BCUT2D eigenvalue weighted by Gasteiger charge is 2.27. The number of nitrogens with one attached hydrogen (secondary N) is 3. The Morgan fingerprint density at radius 2 is 2.13 bits per heavy atom. The highest BCUT2D eigenvalue weighted by atomic mass is 79.9. The molecule has 1 fully saturated rings. The van der Waals surface area contributed by atoms with Gasteiger partial charge in [-0.05, 0) is 55.5 Å². The number of carbonyl (C=O) groups is 1. The minimum Gasteiger partial charge on any atom is -0.444 e. The fraction of sp³-hybridized carbons (Fsp3) is 0.652. The number of aromatic nitrogens is 2. The number of H-pyrrole nitrogens is 1. The first-order valence-electron chi connectivity index (χ1n) is 11.4. The number of alkyl carbamates (subject to hydrolysis) is 1. The van der Waals surface area contributed by atoms with E-state index < -0.39 is 5.60 Å². The summed E-state index contributed by atoms with van der Waals surface area (Å²) < 4.78 is 6.42. The molecule has 3 heterocycles. The number of piperidine rings is 1. The van der Waals surface area contributed by atoms with Gasteiger partial charge in [0.1, 0.15) is 11.2 Å². The van der Waals surface area contributed by atoms with Crippen LogP contribution < -0.4 is 15.5 Å². The Bertz CT molecular complexity index is 888. The molecular formula is C23H36BrN5O2. The first kappa shape index (κ1) is 23.7. The summed E-state index contributed by atoms with van der Waals surface area (Å²) in [6.45, 7) is 12.7. The molecule has 1 saturated heterocycles. The molecule has 2 aromatic rings. The standard InChI is InChI=1S/C23H36BrN5O2/c1-6-15(7-2)11-25-18-13-27-21-19(18)20(17(24)12-26-21)29-10-8-9-16(14-29)28-22(30)31-23(3,4)5/h12-13,15-16,25H,6-11,14H2,1-5H3,(H,26,27)(H,28,30). The third-order valence-corrected chi connectivity index (χ3v) is 6.40. The highest BCUT2D eigenvalue weighted by molar-refractivity contribution is 9.10.